The highest BCUT2D eigenvalue weighted by Crippen LogP contribution is 2.90. The molecule has 0 radical (unpaired) electrons. The number of aliphatic carboxylic acids is 1. The van der Waals surface area contributed by atoms with Crippen molar-refractivity contribution in [1.82, 2.24) is 0 Å². The van der Waals surface area contributed by atoms with Crippen molar-refractivity contribution in [3.8, 4) is 0 Å². The number of ether oxygens (including phenoxy) is 5. The quantitative estimate of drug-likeness (QED) is 0.236. The Hall–Kier alpha value is -2.24. The van der Waals surface area contributed by atoms with Crippen molar-refractivity contribution in [3.05, 3.63) is 0 Å². The largest absolute Gasteiger partial charge is 0.481 e. The topological polar surface area (TPSA) is 155 Å². The van der Waals surface area contributed by atoms with Gasteiger partial charge in [0.25, 0.3) is 0 Å². The van der Waals surface area contributed by atoms with E-state index in [1.54, 1.807) is 13.8 Å². The molecule has 5 aliphatic carbocycles. The van der Waals surface area contributed by atoms with Crippen LogP contribution in [0.1, 0.15) is 132 Å². The number of hydrogen-bond donors (Lipinski definition) is 2. The molecular formula is C39H58O11. The summed E-state index contributed by atoms with van der Waals surface area (Å²) < 4.78 is 32.6. The third-order valence-electron chi connectivity index (χ3n) is 15.9. The van der Waals surface area contributed by atoms with E-state index >= 15 is 0 Å². The van der Waals surface area contributed by atoms with Gasteiger partial charge in [-0.25, -0.2) is 0 Å². The first-order valence-electron chi connectivity index (χ1n) is 19.0. The Morgan fingerprint density at radius 2 is 1.44 bits per heavy atom. The average molecular weight is 703 g/mol. The van der Waals surface area contributed by atoms with E-state index in [2.05, 4.69) is 27.7 Å². The van der Waals surface area contributed by atoms with Gasteiger partial charge in [-0.15, -0.1) is 0 Å². The molecule has 2 bridgehead atoms. The van der Waals surface area contributed by atoms with Crippen molar-refractivity contribution >= 4 is 23.9 Å². The molecule has 0 aromatic carbocycles. The number of aliphatic hydroxyl groups is 1. The average Bonchev–Trinajstić information content (AvgIpc) is 3.48. The zero-order chi connectivity index (χ0) is 36.5. The molecule has 11 nitrogen and oxygen atoms in total. The van der Waals surface area contributed by atoms with Gasteiger partial charge in [-0.2, -0.15) is 0 Å². The second-order valence-corrected chi connectivity index (χ2v) is 18.8. The van der Waals surface area contributed by atoms with E-state index in [-0.39, 0.29) is 59.4 Å². The highest BCUT2D eigenvalue weighted by molar-refractivity contribution is 5.71. The normalized spacial score (nSPS) is 48.0. The summed E-state index contributed by atoms with van der Waals surface area (Å²) in [4.78, 5) is 49.7. The lowest BCUT2D eigenvalue weighted by molar-refractivity contribution is -0.316. The maximum absolute atomic E-state index is 13.0. The highest BCUT2D eigenvalue weighted by atomic mass is 16.7. The summed E-state index contributed by atoms with van der Waals surface area (Å²) in [6.45, 7) is 15.4. The first-order chi connectivity index (χ1) is 23.1. The van der Waals surface area contributed by atoms with Crippen LogP contribution in [0, 0.1) is 44.8 Å². The molecule has 0 amide bonds. The van der Waals surface area contributed by atoms with Crippen molar-refractivity contribution in [2.24, 2.45) is 44.8 Å². The molecule has 0 aromatic rings. The van der Waals surface area contributed by atoms with E-state index in [1.165, 1.54) is 13.8 Å². The number of carboxylic acids is 1. The molecular weight excluding hydrogens is 644 g/mol. The summed E-state index contributed by atoms with van der Waals surface area (Å²) in [5.74, 6) is -3.13. The molecule has 11 heteroatoms. The number of rotatable bonds is 8. The van der Waals surface area contributed by atoms with Crippen LogP contribution in [0.5, 0.6) is 0 Å². The number of carboxylic acid groups (broad SMARTS) is 1. The molecule has 7 fully saturated rings. The van der Waals surface area contributed by atoms with Crippen molar-refractivity contribution in [1.29, 1.82) is 0 Å². The minimum absolute atomic E-state index is 0.0151. The standard InChI is InChI=1S/C39H58O11/c1-22(40)47-29-30-34(7)16-19-39(50-34,33(5,6)45)46-21-38(30)18-17-37-20-36(37)15-14-26(49-28(44)11-9-10-27(42)43)32(3,4)24(36)12-13-25(37)35(38,8)31(29)48-23(2)41/h24-26,29-31,45H,9-21H2,1-8H3,(H,42,43)/t24-,25-,26-,29+,30+,31+,34-,35+,36+,37-,38-,39-/m0/s1. The zero-order valence-corrected chi connectivity index (χ0v) is 31.2. The summed E-state index contributed by atoms with van der Waals surface area (Å²) in [5.41, 5.74) is -3.50. The first-order valence-corrected chi connectivity index (χ1v) is 19.0. The van der Waals surface area contributed by atoms with Gasteiger partial charge in [-0.05, 0) is 101 Å². The first kappa shape index (κ1) is 36.1. The van der Waals surface area contributed by atoms with E-state index < -0.39 is 57.9 Å². The molecule has 5 saturated carbocycles. The van der Waals surface area contributed by atoms with Crippen molar-refractivity contribution in [3.63, 3.8) is 0 Å². The minimum Gasteiger partial charge on any atom is -0.481 e. The predicted octanol–water partition coefficient (Wildman–Crippen LogP) is 5.72. The number of hydrogen-bond acceptors (Lipinski definition) is 10. The third kappa shape index (κ3) is 4.63. The lowest BCUT2D eigenvalue weighted by Crippen LogP contribution is -2.63. The van der Waals surface area contributed by atoms with Crippen LogP contribution in [0.4, 0.5) is 0 Å². The Kier molecular flexibility index (Phi) is 8.05. The molecule has 280 valence electrons. The van der Waals surface area contributed by atoms with Gasteiger partial charge in [0.05, 0.1) is 12.2 Å². The monoisotopic (exact) mass is 702 g/mol. The molecule has 7 rings (SSSR count). The highest BCUT2D eigenvalue weighted by Gasteiger charge is 2.88. The van der Waals surface area contributed by atoms with E-state index in [0.717, 1.165) is 44.9 Å². The van der Waals surface area contributed by atoms with Crippen LogP contribution >= 0.6 is 0 Å². The number of fused-ring (bicyclic) bond motifs is 4. The summed E-state index contributed by atoms with van der Waals surface area (Å²) in [6, 6.07) is 0. The minimum atomic E-state index is -1.28. The second kappa shape index (κ2) is 11.1. The van der Waals surface area contributed by atoms with Crippen LogP contribution in [0.3, 0.4) is 0 Å². The molecule has 12 atom stereocenters. The maximum atomic E-state index is 13.0. The Morgan fingerprint density at radius 1 is 0.800 bits per heavy atom. The zero-order valence-electron chi connectivity index (χ0n) is 31.2. The molecule has 2 heterocycles. The van der Waals surface area contributed by atoms with Crippen LogP contribution in [-0.2, 0) is 42.9 Å². The Bertz CT molecular complexity index is 1470. The Morgan fingerprint density at radius 3 is 2.08 bits per heavy atom. The molecule has 2 N–H and O–H groups in total. The third-order valence-corrected chi connectivity index (χ3v) is 15.9. The molecule has 7 aliphatic rings. The van der Waals surface area contributed by atoms with Crippen molar-refractivity contribution in [2.75, 3.05) is 6.61 Å². The molecule has 3 spiro atoms. The van der Waals surface area contributed by atoms with Gasteiger partial charge in [-0.3, -0.25) is 19.2 Å². The van der Waals surface area contributed by atoms with Crippen LogP contribution in [0.25, 0.3) is 0 Å². The van der Waals surface area contributed by atoms with Gasteiger partial charge in [0.1, 0.15) is 23.9 Å². The van der Waals surface area contributed by atoms with Gasteiger partial charge in [0, 0.05) is 55.3 Å². The summed E-state index contributed by atoms with van der Waals surface area (Å²) in [5, 5.41) is 20.5. The molecule has 0 unspecified atom stereocenters. The summed E-state index contributed by atoms with van der Waals surface area (Å²) in [6.07, 6.45) is 6.06. The smallest absolute Gasteiger partial charge is 0.306 e. The fourth-order valence-corrected chi connectivity index (χ4v) is 14.0. The number of carbonyl (C=O) groups excluding carboxylic acids is 3. The van der Waals surface area contributed by atoms with Crippen LogP contribution in [0.15, 0.2) is 0 Å². The molecule has 2 aliphatic heterocycles. The van der Waals surface area contributed by atoms with Crippen molar-refractivity contribution < 1.29 is 53.1 Å². The van der Waals surface area contributed by atoms with Gasteiger partial charge in [0.2, 0.25) is 0 Å². The van der Waals surface area contributed by atoms with Gasteiger partial charge in [-0.1, -0.05) is 20.8 Å². The summed E-state index contributed by atoms with van der Waals surface area (Å²) in [7, 11) is 0. The molecule has 0 aromatic heterocycles. The van der Waals surface area contributed by atoms with Gasteiger partial charge < -0.3 is 33.9 Å². The lowest BCUT2D eigenvalue weighted by atomic mass is 9.41. The van der Waals surface area contributed by atoms with E-state index in [0.29, 0.717) is 25.4 Å². The lowest BCUT2D eigenvalue weighted by Gasteiger charge is -2.64. The Labute approximate surface area is 295 Å². The SMILES string of the molecule is CC(=O)O[C@H]1[C@@H](OC(C)=O)[C@@]2(C)[C@@H]3CC[C@H]4C(C)(C)[C@@H](OC(=O)CCCC(=O)O)CC[C@@]45C[C@@]35CC[C@@]23CO[C@@]2(C(C)(C)O)CC[C@](C)(O2)[C@@H]13. The van der Waals surface area contributed by atoms with Crippen LogP contribution in [0.2, 0.25) is 0 Å². The molecule has 50 heavy (non-hydrogen) atoms. The van der Waals surface area contributed by atoms with Crippen molar-refractivity contribution in [2.45, 2.75) is 168 Å². The van der Waals surface area contributed by atoms with E-state index in [1.807, 2.05) is 0 Å². The van der Waals surface area contributed by atoms with E-state index in [9.17, 15) is 24.3 Å². The van der Waals surface area contributed by atoms with Gasteiger partial charge in [0.15, 0.2) is 5.79 Å². The van der Waals surface area contributed by atoms with Gasteiger partial charge >= 0.3 is 23.9 Å². The second-order valence-electron chi connectivity index (χ2n) is 18.8. The van der Waals surface area contributed by atoms with E-state index in [4.69, 9.17) is 28.8 Å². The number of carbonyl (C=O) groups is 4. The summed E-state index contributed by atoms with van der Waals surface area (Å²) >= 11 is 0. The molecule has 2 saturated heterocycles. The Balaban J connectivity index is 1.26. The predicted molar refractivity (Wildman–Crippen MR) is 178 cm³/mol. The maximum Gasteiger partial charge on any atom is 0.306 e. The number of esters is 3. The fraction of sp³-hybridized carbons (Fsp3) is 0.897. The fourth-order valence-electron chi connectivity index (χ4n) is 14.0. The van der Waals surface area contributed by atoms with Crippen LogP contribution in [-0.4, -0.2) is 76.0 Å². The van der Waals surface area contributed by atoms with Crippen LogP contribution < -0.4 is 0 Å².